The maximum absolute atomic E-state index is 14.6. The lowest BCUT2D eigenvalue weighted by Gasteiger charge is -2.40. The van der Waals surface area contributed by atoms with Crippen LogP contribution in [0.4, 0.5) is 10.1 Å². The molecule has 0 spiro atoms. The van der Waals surface area contributed by atoms with Crippen LogP contribution in [0.2, 0.25) is 0 Å². The van der Waals surface area contributed by atoms with Gasteiger partial charge in [0.1, 0.15) is 5.82 Å². The minimum atomic E-state index is -0.166. The molecule has 0 bridgehead atoms. The van der Waals surface area contributed by atoms with E-state index in [0.717, 1.165) is 31.7 Å². The zero-order valence-corrected chi connectivity index (χ0v) is 15.8. The minimum absolute atomic E-state index is 0.119. The largest absolute Gasteiger partial charge is 0.369 e. The molecular weight excluding hydrogens is 339 g/mol. The number of nitrogens with zero attached hydrogens (tertiary/aromatic N) is 3. The molecule has 1 unspecified atom stereocenters. The zero-order valence-electron chi connectivity index (χ0n) is 15.8. The highest BCUT2D eigenvalue weighted by Crippen LogP contribution is 2.32. The van der Waals surface area contributed by atoms with E-state index in [2.05, 4.69) is 52.0 Å². The molecule has 4 rings (SSSR count). The molecule has 0 radical (unpaired) electrons. The van der Waals surface area contributed by atoms with Crippen molar-refractivity contribution in [2.75, 3.05) is 31.1 Å². The van der Waals surface area contributed by atoms with Crippen molar-refractivity contribution in [2.24, 2.45) is 0 Å². The van der Waals surface area contributed by atoms with Crippen molar-refractivity contribution >= 4 is 5.69 Å². The highest BCUT2D eigenvalue weighted by Gasteiger charge is 2.29. The van der Waals surface area contributed by atoms with Crippen molar-refractivity contribution in [3.63, 3.8) is 0 Å². The third-order valence-corrected chi connectivity index (χ3v) is 5.41. The Hall–Kier alpha value is -2.66. The third kappa shape index (κ3) is 3.60. The molecule has 1 N–H and O–H groups in total. The summed E-state index contributed by atoms with van der Waals surface area (Å²) in [5, 5.41) is 6.97. The fourth-order valence-electron chi connectivity index (χ4n) is 4.08. The Morgan fingerprint density at radius 1 is 1.04 bits per heavy atom. The van der Waals surface area contributed by atoms with Crippen molar-refractivity contribution in [3.05, 3.63) is 82.9 Å². The van der Waals surface area contributed by atoms with E-state index in [1.807, 2.05) is 18.3 Å². The standard InChI is InChI=1S/C22H25FN4/c1-16-7-8-21(17(2)13-16)26-9-11-27(12-10-26)22(18-14-24-25-15-18)19-5-3-4-6-20(19)23/h3-8,13-15,22H,9-12H2,1-2H3,(H,24,25). The average molecular weight is 364 g/mol. The maximum Gasteiger partial charge on any atom is 0.128 e. The van der Waals surface area contributed by atoms with Crippen molar-refractivity contribution in [3.8, 4) is 0 Å². The summed E-state index contributed by atoms with van der Waals surface area (Å²) in [6, 6.07) is 13.5. The summed E-state index contributed by atoms with van der Waals surface area (Å²) in [6.07, 6.45) is 3.67. The summed E-state index contributed by atoms with van der Waals surface area (Å²) in [7, 11) is 0. The molecule has 2 heterocycles. The number of rotatable bonds is 4. The van der Waals surface area contributed by atoms with Gasteiger partial charge in [-0.25, -0.2) is 4.39 Å². The van der Waals surface area contributed by atoms with Crippen LogP contribution in [-0.2, 0) is 0 Å². The summed E-state index contributed by atoms with van der Waals surface area (Å²) in [6.45, 7) is 7.88. The van der Waals surface area contributed by atoms with Gasteiger partial charge in [-0.3, -0.25) is 10.00 Å². The highest BCUT2D eigenvalue weighted by molar-refractivity contribution is 5.54. The third-order valence-electron chi connectivity index (χ3n) is 5.41. The predicted molar refractivity (Wildman–Crippen MR) is 107 cm³/mol. The molecule has 1 fully saturated rings. The lowest BCUT2D eigenvalue weighted by atomic mass is 9.98. The molecule has 4 nitrogen and oxygen atoms in total. The van der Waals surface area contributed by atoms with Gasteiger partial charge in [0.25, 0.3) is 0 Å². The van der Waals surface area contributed by atoms with E-state index in [-0.39, 0.29) is 11.9 Å². The maximum atomic E-state index is 14.6. The molecule has 3 aromatic rings. The van der Waals surface area contributed by atoms with E-state index in [1.165, 1.54) is 22.9 Å². The number of aromatic nitrogens is 2. The van der Waals surface area contributed by atoms with Crippen LogP contribution in [0.15, 0.2) is 54.9 Å². The molecule has 0 aliphatic carbocycles. The Balaban J connectivity index is 1.56. The van der Waals surface area contributed by atoms with Gasteiger partial charge in [0, 0.05) is 49.2 Å². The lowest BCUT2D eigenvalue weighted by Crippen LogP contribution is -2.48. The van der Waals surface area contributed by atoms with Crippen LogP contribution in [-0.4, -0.2) is 41.3 Å². The molecule has 1 atom stereocenters. The summed E-state index contributed by atoms with van der Waals surface area (Å²) >= 11 is 0. The normalized spacial score (nSPS) is 16.5. The molecule has 1 aromatic heterocycles. The molecule has 27 heavy (non-hydrogen) atoms. The molecular formula is C22H25FN4. The first kappa shape index (κ1) is 17.7. The van der Waals surface area contributed by atoms with Gasteiger partial charge in [-0.05, 0) is 31.5 Å². The quantitative estimate of drug-likeness (QED) is 0.758. The van der Waals surface area contributed by atoms with Crippen molar-refractivity contribution in [1.29, 1.82) is 0 Å². The van der Waals surface area contributed by atoms with Gasteiger partial charge in [-0.2, -0.15) is 5.10 Å². The first-order valence-electron chi connectivity index (χ1n) is 9.43. The first-order valence-corrected chi connectivity index (χ1v) is 9.43. The zero-order chi connectivity index (χ0) is 18.8. The fraction of sp³-hybridized carbons (Fsp3) is 0.318. The number of halogens is 1. The van der Waals surface area contributed by atoms with E-state index in [4.69, 9.17) is 0 Å². The van der Waals surface area contributed by atoms with Crippen LogP contribution in [0.1, 0.15) is 28.3 Å². The van der Waals surface area contributed by atoms with E-state index in [1.54, 1.807) is 12.3 Å². The Morgan fingerprint density at radius 2 is 1.81 bits per heavy atom. The summed E-state index contributed by atoms with van der Waals surface area (Å²) < 4.78 is 14.6. The first-order chi connectivity index (χ1) is 13.1. The number of aromatic amines is 1. The van der Waals surface area contributed by atoms with Crippen LogP contribution in [0.25, 0.3) is 0 Å². The number of hydrogen-bond donors (Lipinski definition) is 1. The predicted octanol–water partition coefficient (Wildman–Crippen LogP) is 4.08. The van der Waals surface area contributed by atoms with Gasteiger partial charge in [-0.15, -0.1) is 0 Å². The fourth-order valence-corrected chi connectivity index (χ4v) is 4.08. The van der Waals surface area contributed by atoms with Crippen LogP contribution in [0.3, 0.4) is 0 Å². The number of aryl methyl sites for hydroxylation is 2. The topological polar surface area (TPSA) is 35.2 Å². The number of anilines is 1. The smallest absolute Gasteiger partial charge is 0.128 e. The average Bonchev–Trinajstić information content (AvgIpc) is 3.19. The van der Waals surface area contributed by atoms with Crippen molar-refractivity contribution in [2.45, 2.75) is 19.9 Å². The van der Waals surface area contributed by atoms with Gasteiger partial charge < -0.3 is 4.90 Å². The van der Waals surface area contributed by atoms with E-state index in [0.29, 0.717) is 5.56 Å². The monoisotopic (exact) mass is 364 g/mol. The van der Waals surface area contributed by atoms with Crippen LogP contribution >= 0.6 is 0 Å². The second-order valence-corrected chi connectivity index (χ2v) is 7.27. The Labute approximate surface area is 159 Å². The van der Waals surface area contributed by atoms with Crippen LogP contribution < -0.4 is 4.90 Å². The number of benzene rings is 2. The van der Waals surface area contributed by atoms with Crippen molar-refractivity contribution in [1.82, 2.24) is 15.1 Å². The second-order valence-electron chi connectivity index (χ2n) is 7.27. The van der Waals surface area contributed by atoms with Crippen LogP contribution in [0.5, 0.6) is 0 Å². The van der Waals surface area contributed by atoms with Crippen molar-refractivity contribution < 1.29 is 4.39 Å². The lowest BCUT2D eigenvalue weighted by molar-refractivity contribution is 0.209. The molecule has 1 aliphatic heterocycles. The number of hydrogen-bond acceptors (Lipinski definition) is 3. The van der Waals surface area contributed by atoms with Gasteiger partial charge in [-0.1, -0.05) is 35.9 Å². The highest BCUT2D eigenvalue weighted by atomic mass is 19.1. The number of piperazine rings is 1. The second kappa shape index (κ2) is 7.53. The minimum Gasteiger partial charge on any atom is -0.369 e. The molecule has 5 heteroatoms. The Bertz CT molecular complexity index is 898. The number of nitrogens with one attached hydrogen (secondary N) is 1. The van der Waals surface area contributed by atoms with Gasteiger partial charge >= 0.3 is 0 Å². The Morgan fingerprint density at radius 3 is 2.48 bits per heavy atom. The van der Waals surface area contributed by atoms with Gasteiger partial charge in [0.05, 0.1) is 12.2 Å². The van der Waals surface area contributed by atoms with E-state index < -0.39 is 0 Å². The molecule has 140 valence electrons. The number of H-pyrrole nitrogens is 1. The molecule has 1 aliphatic rings. The summed E-state index contributed by atoms with van der Waals surface area (Å²) in [5.41, 5.74) is 5.60. The summed E-state index contributed by atoms with van der Waals surface area (Å²) in [4.78, 5) is 4.78. The Kier molecular flexibility index (Phi) is 4.94. The molecule has 2 aromatic carbocycles. The molecule has 1 saturated heterocycles. The summed E-state index contributed by atoms with van der Waals surface area (Å²) in [5.74, 6) is -0.166. The molecule has 0 saturated carbocycles. The molecule has 0 amide bonds. The van der Waals surface area contributed by atoms with E-state index >= 15 is 0 Å². The van der Waals surface area contributed by atoms with Gasteiger partial charge in [0.2, 0.25) is 0 Å². The van der Waals surface area contributed by atoms with Crippen LogP contribution in [0, 0.1) is 19.7 Å². The SMILES string of the molecule is Cc1ccc(N2CCN(C(c3cn[nH]c3)c3ccccc3F)CC2)c(C)c1. The van der Waals surface area contributed by atoms with Gasteiger partial charge in [0.15, 0.2) is 0 Å². The van der Waals surface area contributed by atoms with E-state index in [9.17, 15) is 4.39 Å².